The van der Waals surface area contributed by atoms with Gasteiger partial charge in [-0.05, 0) is 65.6 Å². The van der Waals surface area contributed by atoms with E-state index in [1.165, 1.54) is 6.08 Å². The molecule has 1 atom stereocenters. The number of hydrogen-bond donors (Lipinski definition) is 1. The Morgan fingerprint density at radius 1 is 1.08 bits per heavy atom. The molecule has 7 nitrogen and oxygen atoms in total. The van der Waals surface area contributed by atoms with Gasteiger partial charge in [0.25, 0.3) is 0 Å². The lowest BCUT2D eigenvalue weighted by molar-refractivity contribution is -0.126. The first-order chi connectivity index (χ1) is 17.5. The molecule has 1 fully saturated rings. The van der Waals surface area contributed by atoms with E-state index >= 15 is 0 Å². The summed E-state index contributed by atoms with van der Waals surface area (Å²) in [5.74, 6) is 0.974. The van der Waals surface area contributed by atoms with Crippen LogP contribution in [0.25, 0.3) is 32.8 Å². The van der Waals surface area contributed by atoms with Crippen molar-refractivity contribution >= 4 is 33.4 Å². The number of piperazine rings is 1. The van der Waals surface area contributed by atoms with E-state index in [9.17, 15) is 9.90 Å². The summed E-state index contributed by atoms with van der Waals surface area (Å²) in [6, 6.07) is 18.0. The first-order valence-corrected chi connectivity index (χ1v) is 12.3. The van der Waals surface area contributed by atoms with Gasteiger partial charge in [0, 0.05) is 31.6 Å². The molecule has 1 unspecified atom stereocenters. The number of fused-ring (bicyclic) bond motifs is 2. The first kappa shape index (κ1) is 23.6. The third kappa shape index (κ3) is 4.56. The van der Waals surface area contributed by atoms with E-state index in [-0.39, 0.29) is 17.8 Å². The van der Waals surface area contributed by atoms with E-state index in [4.69, 9.17) is 14.7 Å². The lowest BCUT2D eigenvalue weighted by atomic mass is 9.97. The highest BCUT2D eigenvalue weighted by Gasteiger charge is 2.23. The summed E-state index contributed by atoms with van der Waals surface area (Å²) in [4.78, 5) is 25.6. The highest BCUT2D eigenvalue weighted by atomic mass is 16.5. The fourth-order valence-electron chi connectivity index (χ4n) is 4.62. The fraction of sp³-hybridized carbons (Fsp3) is 0.276. The smallest absolute Gasteiger partial charge is 0.319 e. The summed E-state index contributed by atoms with van der Waals surface area (Å²) in [6.07, 6.45) is 2.19. The van der Waals surface area contributed by atoms with Crippen LogP contribution < -0.4 is 9.64 Å². The zero-order valence-corrected chi connectivity index (χ0v) is 20.6. The molecule has 1 aliphatic heterocycles. The lowest BCUT2D eigenvalue weighted by Gasteiger charge is -2.35. The SMILES string of the molecule is C=CC(=O)N1CCN(c2nc(OC(C)CC)nc3cc(-c4cc(O)cc5ccccc45)ccc23)CC1. The number of phenolic OH excluding ortho intramolecular Hbond substituents is 1. The maximum Gasteiger partial charge on any atom is 0.319 e. The predicted octanol–water partition coefficient (Wildman–Crippen LogP) is 5.17. The average Bonchev–Trinajstić information content (AvgIpc) is 2.91. The molecule has 1 saturated heterocycles. The molecule has 1 amide bonds. The molecule has 4 aromatic rings. The van der Waals surface area contributed by atoms with Gasteiger partial charge in [0.2, 0.25) is 5.91 Å². The van der Waals surface area contributed by atoms with Crippen molar-refractivity contribution < 1.29 is 14.6 Å². The fourth-order valence-corrected chi connectivity index (χ4v) is 4.62. The number of phenols is 1. The van der Waals surface area contributed by atoms with E-state index in [2.05, 4.69) is 24.5 Å². The number of benzene rings is 3. The van der Waals surface area contributed by atoms with Crippen LogP contribution >= 0.6 is 0 Å². The molecular weight excluding hydrogens is 452 g/mol. The highest BCUT2D eigenvalue weighted by molar-refractivity contribution is 6.01. The minimum atomic E-state index is -0.0500. The molecule has 0 saturated carbocycles. The summed E-state index contributed by atoms with van der Waals surface area (Å²) >= 11 is 0. The van der Waals surface area contributed by atoms with E-state index in [1.54, 1.807) is 17.0 Å². The molecule has 184 valence electrons. The van der Waals surface area contributed by atoms with Crippen LogP contribution in [0.1, 0.15) is 20.3 Å². The third-order valence-electron chi connectivity index (χ3n) is 6.76. The van der Waals surface area contributed by atoms with Gasteiger partial charge >= 0.3 is 6.01 Å². The Balaban J connectivity index is 1.59. The van der Waals surface area contributed by atoms with Gasteiger partial charge in [-0.1, -0.05) is 43.8 Å². The van der Waals surface area contributed by atoms with Gasteiger partial charge in [-0.15, -0.1) is 0 Å². The van der Waals surface area contributed by atoms with Crippen LogP contribution in [-0.2, 0) is 4.79 Å². The van der Waals surface area contributed by atoms with Crippen LogP contribution in [0.5, 0.6) is 11.8 Å². The molecule has 1 aliphatic rings. The first-order valence-electron chi connectivity index (χ1n) is 12.3. The number of carbonyl (C=O) groups is 1. The molecular formula is C29H30N4O3. The van der Waals surface area contributed by atoms with Gasteiger partial charge < -0.3 is 19.6 Å². The molecule has 3 aromatic carbocycles. The van der Waals surface area contributed by atoms with Crippen molar-refractivity contribution in [3.63, 3.8) is 0 Å². The maximum atomic E-state index is 12.0. The second-order valence-corrected chi connectivity index (χ2v) is 9.13. The molecule has 1 aromatic heterocycles. The number of aromatic hydroxyl groups is 1. The number of ether oxygens (including phenoxy) is 1. The van der Waals surface area contributed by atoms with Crippen molar-refractivity contribution in [3.05, 3.63) is 67.3 Å². The van der Waals surface area contributed by atoms with Gasteiger partial charge in [-0.2, -0.15) is 9.97 Å². The summed E-state index contributed by atoms with van der Waals surface area (Å²) in [6.45, 7) is 10.2. The van der Waals surface area contributed by atoms with Crippen molar-refractivity contribution in [2.24, 2.45) is 0 Å². The summed E-state index contributed by atoms with van der Waals surface area (Å²) in [7, 11) is 0. The number of carbonyl (C=O) groups excluding carboxylic acids is 1. The number of anilines is 1. The Morgan fingerprint density at radius 2 is 1.86 bits per heavy atom. The predicted molar refractivity (Wildman–Crippen MR) is 144 cm³/mol. The second-order valence-electron chi connectivity index (χ2n) is 9.13. The maximum absolute atomic E-state index is 12.0. The van der Waals surface area contributed by atoms with Gasteiger partial charge in [0.05, 0.1) is 11.6 Å². The molecule has 36 heavy (non-hydrogen) atoms. The lowest BCUT2D eigenvalue weighted by Crippen LogP contribution is -2.48. The third-order valence-corrected chi connectivity index (χ3v) is 6.76. The Hall–Kier alpha value is -4.13. The Morgan fingerprint density at radius 3 is 2.61 bits per heavy atom. The molecule has 7 heteroatoms. The van der Waals surface area contributed by atoms with Crippen LogP contribution in [-0.4, -0.2) is 58.2 Å². The van der Waals surface area contributed by atoms with Crippen molar-refractivity contribution in [1.82, 2.24) is 14.9 Å². The van der Waals surface area contributed by atoms with Crippen molar-refractivity contribution in [2.75, 3.05) is 31.1 Å². The highest BCUT2D eigenvalue weighted by Crippen LogP contribution is 2.36. The number of rotatable bonds is 6. The van der Waals surface area contributed by atoms with Gasteiger partial charge in [0.15, 0.2) is 0 Å². The van der Waals surface area contributed by atoms with Crippen molar-refractivity contribution in [1.29, 1.82) is 0 Å². The van der Waals surface area contributed by atoms with E-state index < -0.39 is 0 Å². The average molecular weight is 483 g/mol. The number of aromatic nitrogens is 2. The zero-order valence-electron chi connectivity index (χ0n) is 20.6. The Kier molecular flexibility index (Phi) is 6.46. The van der Waals surface area contributed by atoms with E-state index in [0.717, 1.165) is 45.0 Å². The molecule has 0 bridgehead atoms. The van der Waals surface area contributed by atoms with Crippen molar-refractivity contribution in [2.45, 2.75) is 26.4 Å². The quantitative estimate of drug-likeness (QED) is 0.382. The van der Waals surface area contributed by atoms with Gasteiger partial charge in [0.1, 0.15) is 11.6 Å². The molecule has 0 aliphatic carbocycles. The van der Waals surface area contributed by atoms with Crippen molar-refractivity contribution in [3.8, 4) is 22.9 Å². The summed E-state index contributed by atoms with van der Waals surface area (Å²) < 4.78 is 6.05. The summed E-state index contributed by atoms with van der Waals surface area (Å²) in [5.41, 5.74) is 2.66. The van der Waals surface area contributed by atoms with Crippen LogP contribution in [0.3, 0.4) is 0 Å². The van der Waals surface area contributed by atoms with Crippen LogP contribution in [0.2, 0.25) is 0 Å². The van der Waals surface area contributed by atoms with Crippen LogP contribution in [0.15, 0.2) is 67.3 Å². The Labute approximate surface area is 210 Å². The Bertz CT molecular complexity index is 1440. The normalized spacial score (nSPS) is 14.7. The van der Waals surface area contributed by atoms with E-state index in [1.807, 2.05) is 43.3 Å². The zero-order chi connectivity index (χ0) is 25.2. The van der Waals surface area contributed by atoms with Crippen LogP contribution in [0, 0.1) is 0 Å². The number of nitrogens with zero attached hydrogens (tertiary/aromatic N) is 4. The number of amides is 1. The summed E-state index contributed by atoms with van der Waals surface area (Å²) in [5, 5.41) is 13.3. The minimum absolute atomic E-state index is 0.0180. The second kappa shape index (κ2) is 9.85. The van der Waals surface area contributed by atoms with Gasteiger partial charge in [-0.25, -0.2) is 0 Å². The molecule has 2 heterocycles. The molecule has 1 N–H and O–H groups in total. The molecule has 0 spiro atoms. The molecule has 5 rings (SSSR count). The van der Waals surface area contributed by atoms with Crippen LogP contribution in [0.4, 0.5) is 5.82 Å². The topological polar surface area (TPSA) is 78.8 Å². The molecule has 0 radical (unpaired) electrons. The monoisotopic (exact) mass is 482 g/mol. The van der Waals surface area contributed by atoms with Gasteiger partial charge in [-0.3, -0.25) is 4.79 Å². The van der Waals surface area contributed by atoms with E-state index in [0.29, 0.717) is 32.2 Å². The minimum Gasteiger partial charge on any atom is -0.508 e. The standard InChI is InChI=1S/C29H30N4O3/c1-4-19(3)36-29-30-26-17-21(25-18-22(34)16-20-8-6-7-9-23(20)25)10-11-24(26)28(31-29)33-14-12-32(13-15-33)27(35)5-2/h5-11,16-19,34H,2,4,12-15H2,1,3H3. The number of hydrogen-bond acceptors (Lipinski definition) is 6. The largest absolute Gasteiger partial charge is 0.508 e.